The van der Waals surface area contributed by atoms with Crippen LogP contribution in [0.2, 0.25) is 5.02 Å². The Hall–Kier alpha value is -1.80. The third-order valence-electron chi connectivity index (χ3n) is 5.32. The zero-order chi connectivity index (χ0) is 19.7. The Morgan fingerprint density at radius 2 is 1.57 bits per heavy atom. The Bertz CT molecular complexity index is 941. The summed E-state index contributed by atoms with van der Waals surface area (Å²) in [6.07, 6.45) is 0. The van der Waals surface area contributed by atoms with Gasteiger partial charge in [-0.3, -0.25) is 4.90 Å². The lowest BCUT2D eigenvalue weighted by molar-refractivity contribution is 0.145. The molecule has 1 saturated heterocycles. The van der Waals surface area contributed by atoms with E-state index in [2.05, 4.69) is 11.8 Å². The van der Waals surface area contributed by atoms with Crippen LogP contribution in [0.25, 0.3) is 0 Å². The molecule has 0 amide bonds. The molecule has 28 heavy (non-hydrogen) atoms. The monoisotopic (exact) mass is 422 g/mol. The van der Waals surface area contributed by atoms with E-state index in [0.29, 0.717) is 55.9 Å². The molecule has 0 aromatic heterocycles. The lowest BCUT2D eigenvalue weighted by Gasteiger charge is -2.37. The van der Waals surface area contributed by atoms with Gasteiger partial charge in [-0.2, -0.15) is 4.31 Å². The molecule has 0 spiro atoms. The molecular weight excluding hydrogens is 400 g/mol. The molecule has 2 aromatic carbocycles. The van der Waals surface area contributed by atoms with Crippen LogP contribution >= 0.6 is 11.6 Å². The van der Waals surface area contributed by atoms with E-state index < -0.39 is 10.0 Å². The molecule has 8 heteroatoms. The minimum Gasteiger partial charge on any atom is -0.486 e. The van der Waals surface area contributed by atoms with Gasteiger partial charge >= 0.3 is 0 Å². The average molecular weight is 423 g/mol. The van der Waals surface area contributed by atoms with Crippen molar-refractivity contribution in [1.29, 1.82) is 0 Å². The van der Waals surface area contributed by atoms with Crippen LogP contribution in [-0.2, 0) is 10.0 Å². The van der Waals surface area contributed by atoms with Gasteiger partial charge < -0.3 is 9.47 Å². The number of hydrogen-bond acceptors (Lipinski definition) is 5. The topological polar surface area (TPSA) is 59.1 Å². The van der Waals surface area contributed by atoms with Crippen LogP contribution in [0, 0.1) is 0 Å². The van der Waals surface area contributed by atoms with Gasteiger partial charge in [0, 0.05) is 43.3 Å². The van der Waals surface area contributed by atoms with Gasteiger partial charge in [0.25, 0.3) is 0 Å². The molecule has 2 heterocycles. The molecule has 1 unspecified atom stereocenters. The summed E-state index contributed by atoms with van der Waals surface area (Å²) in [6.45, 7) is 5.30. The normalized spacial score (nSPS) is 19.4. The highest BCUT2D eigenvalue weighted by molar-refractivity contribution is 7.89. The molecule has 6 nitrogen and oxygen atoms in total. The lowest BCUT2D eigenvalue weighted by Crippen LogP contribution is -2.49. The summed E-state index contributed by atoms with van der Waals surface area (Å²) < 4.78 is 38.7. The van der Waals surface area contributed by atoms with Crippen molar-refractivity contribution in [3.8, 4) is 11.5 Å². The summed E-state index contributed by atoms with van der Waals surface area (Å²) in [5, 5.41) is 0.714. The first kappa shape index (κ1) is 19.5. The molecular formula is C20H23ClN2O4S. The third-order valence-corrected chi connectivity index (χ3v) is 7.47. The lowest BCUT2D eigenvalue weighted by atomic mass is 10.1. The standard InChI is InChI=1S/C20H23ClN2O4S/c1-15(16-2-4-17(21)5-3-16)22-8-10-23(11-9-22)28(24,25)18-6-7-19-20(14-18)27-13-12-26-19/h2-7,14-15H,8-13H2,1H3. The van der Waals surface area contributed by atoms with Crippen molar-refractivity contribution in [2.75, 3.05) is 39.4 Å². The highest BCUT2D eigenvalue weighted by Gasteiger charge is 2.31. The second-order valence-electron chi connectivity index (χ2n) is 6.97. The number of fused-ring (bicyclic) bond motifs is 1. The van der Waals surface area contributed by atoms with Crippen LogP contribution in [0.4, 0.5) is 0 Å². The van der Waals surface area contributed by atoms with Crippen LogP contribution < -0.4 is 9.47 Å². The maximum absolute atomic E-state index is 13.1. The first-order valence-corrected chi connectivity index (χ1v) is 11.2. The predicted molar refractivity (Wildman–Crippen MR) is 108 cm³/mol. The molecule has 2 aromatic rings. The van der Waals surface area contributed by atoms with E-state index in [1.54, 1.807) is 22.5 Å². The number of hydrogen-bond donors (Lipinski definition) is 0. The molecule has 2 aliphatic heterocycles. The summed E-state index contributed by atoms with van der Waals surface area (Å²) in [6, 6.07) is 12.8. The van der Waals surface area contributed by atoms with Gasteiger partial charge in [-0.05, 0) is 36.8 Å². The Kier molecular flexibility index (Phi) is 5.51. The maximum atomic E-state index is 13.1. The van der Waals surface area contributed by atoms with Crippen LogP contribution in [-0.4, -0.2) is 57.0 Å². The van der Waals surface area contributed by atoms with E-state index in [-0.39, 0.29) is 10.9 Å². The minimum absolute atomic E-state index is 0.205. The summed E-state index contributed by atoms with van der Waals surface area (Å²) in [5.74, 6) is 1.08. The van der Waals surface area contributed by atoms with E-state index in [1.165, 1.54) is 5.56 Å². The molecule has 2 aliphatic rings. The SMILES string of the molecule is CC(c1ccc(Cl)cc1)N1CCN(S(=O)(=O)c2ccc3c(c2)OCCO3)CC1. The Balaban J connectivity index is 1.44. The quantitative estimate of drug-likeness (QED) is 0.757. The van der Waals surface area contributed by atoms with Crippen LogP contribution in [0.1, 0.15) is 18.5 Å². The van der Waals surface area contributed by atoms with Gasteiger partial charge in [-0.1, -0.05) is 23.7 Å². The van der Waals surface area contributed by atoms with Gasteiger partial charge in [0.05, 0.1) is 4.90 Å². The molecule has 0 radical (unpaired) electrons. The number of benzene rings is 2. The minimum atomic E-state index is -3.56. The zero-order valence-corrected chi connectivity index (χ0v) is 17.2. The molecule has 0 bridgehead atoms. The van der Waals surface area contributed by atoms with Crippen molar-refractivity contribution in [1.82, 2.24) is 9.21 Å². The van der Waals surface area contributed by atoms with Crippen molar-refractivity contribution in [2.45, 2.75) is 17.9 Å². The first-order valence-electron chi connectivity index (χ1n) is 9.34. The van der Waals surface area contributed by atoms with Crippen molar-refractivity contribution >= 4 is 21.6 Å². The molecule has 1 atom stereocenters. The number of ether oxygens (including phenoxy) is 2. The molecule has 150 valence electrons. The largest absolute Gasteiger partial charge is 0.486 e. The maximum Gasteiger partial charge on any atom is 0.243 e. The van der Waals surface area contributed by atoms with Gasteiger partial charge in [-0.25, -0.2) is 8.42 Å². The van der Waals surface area contributed by atoms with Gasteiger partial charge in [0.2, 0.25) is 10.0 Å². The van der Waals surface area contributed by atoms with Crippen molar-refractivity contribution in [3.05, 3.63) is 53.1 Å². The molecule has 0 N–H and O–H groups in total. The number of rotatable bonds is 4. The van der Waals surface area contributed by atoms with Gasteiger partial charge in [0.15, 0.2) is 11.5 Å². The van der Waals surface area contributed by atoms with E-state index in [1.807, 2.05) is 24.3 Å². The van der Waals surface area contributed by atoms with Crippen LogP contribution in [0.15, 0.2) is 47.4 Å². The van der Waals surface area contributed by atoms with E-state index in [9.17, 15) is 8.42 Å². The molecule has 0 aliphatic carbocycles. The number of halogens is 1. The summed E-state index contributed by atoms with van der Waals surface area (Å²) in [4.78, 5) is 2.54. The molecule has 4 rings (SSSR count). The Labute approximate surface area is 170 Å². The van der Waals surface area contributed by atoms with Gasteiger partial charge in [0.1, 0.15) is 13.2 Å². The Morgan fingerprint density at radius 3 is 2.25 bits per heavy atom. The summed E-state index contributed by atoms with van der Waals surface area (Å²) >= 11 is 5.97. The van der Waals surface area contributed by atoms with E-state index in [4.69, 9.17) is 21.1 Å². The van der Waals surface area contributed by atoms with Crippen LogP contribution in [0.3, 0.4) is 0 Å². The fourth-order valence-electron chi connectivity index (χ4n) is 3.62. The van der Waals surface area contributed by atoms with Crippen molar-refractivity contribution in [2.24, 2.45) is 0 Å². The predicted octanol–water partition coefficient (Wildman–Crippen LogP) is 3.18. The van der Waals surface area contributed by atoms with E-state index >= 15 is 0 Å². The van der Waals surface area contributed by atoms with Crippen molar-refractivity contribution in [3.63, 3.8) is 0 Å². The summed E-state index contributed by atoms with van der Waals surface area (Å²) in [5.41, 5.74) is 1.17. The third kappa shape index (κ3) is 3.85. The van der Waals surface area contributed by atoms with Gasteiger partial charge in [-0.15, -0.1) is 0 Å². The smallest absolute Gasteiger partial charge is 0.243 e. The van der Waals surface area contributed by atoms with Crippen LogP contribution in [0.5, 0.6) is 11.5 Å². The second kappa shape index (κ2) is 7.91. The molecule has 1 fully saturated rings. The fraction of sp³-hybridized carbons (Fsp3) is 0.400. The highest BCUT2D eigenvalue weighted by Crippen LogP contribution is 2.33. The highest BCUT2D eigenvalue weighted by atomic mass is 35.5. The fourth-order valence-corrected chi connectivity index (χ4v) is 5.18. The Morgan fingerprint density at radius 1 is 0.929 bits per heavy atom. The molecule has 0 saturated carbocycles. The average Bonchev–Trinajstić information content (AvgIpc) is 2.73. The number of nitrogens with zero attached hydrogens (tertiary/aromatic N) is 2. The number of sulfonamides is 1. The van der Waals surface area contributed by atoms with E-state index in [0.717, 1.165) is 0 Å². The summed E-state index contributed by atoms with van der Waals surface area (Å²) in [7, 11) is -3.56. The number of piperazine rings is 1. The van der Waals surface area contributed by atoms with Crippen molar-refractivity contribution < 1.29 is 17.9 Å². The zero-order valence-electron chi connectivity index (χ0n) is 15.7. The first-order chi connectivity index (χ1) is 13.4. The second-order valence-corrected chi connectivity index (χ2v) is 9.35.